The average Bonchev–Trinajstić information content (AvgIpc) is 2.88. The van der Waals surface area contributed by atoms with Crippen LogP contribution in [0.1, 0.15) is 41.0 Å². The Bertz CT molecular complexity index is 433. The zero-order valence-electron chi connectivity index (χ0n) is 16.3. The quantitative estimate of drug-likeness (QED) is 0.733. The third kappa shape index (κ3) is 4.20. The fourth-order valence-corrected chi connectivity index (χ4v) is 3.96. The molecule has 0 spiro atoms. The summed E-state index contributed by atoms with van der Waals surface area (Å²) in [5.74, 6) is -0.687. The highest BCUT2D eigenvalue weighted by Gasteiger charge is 2.56. The molecule has 2 saturated heterocycles. The molecule has 0 aromatic carbocycles. The van der Waals surface area contributed by atoms with Crippen LogP contribution in [0.15, 0.2) is 0 Å². The molecule has 2 heterocycles. The molecule has 0 aliphatic carbocycles. The van der Waals surface area contributed by atoms with Crippen LogP contribution in [-0.4, -0.2) is 63.6 Å². The van der Waals surface area contributed by atoms with Gasteiger partial charge in [0.1, 0.15) is 18.3 Å². The Hall–Kier alpha value is -0.0231. The van der Waals surface area contributed by atoms with Gasteiger partial charge in [-0.15, -0.1) is 0 Å². The topological polar surface area (TPSA) is 66.4 Å². The van der Waals surface area contributed by atoms with Crippen molar-refractivity contribution in [1.29, 1.82) is 0 Å². The zero-order chi connectivity index (χ0) is 18.3. The summed E-state index contributed by atoms with van der Waals surface area (Å²) < 4.78 is 29.1. The maximum atomic E-state index is 10.6. The van der Waals surface area contributed by atoms with Gasteiger partial charge in [0.15, 0.2) is 20.4 Å². The van der Waals surface area contributed by atoms with Crippen molar-refractivity contribution in [3.8, 4) is 0 Å². The zero-order valence-corrected chi connectivity index (χ0v) is 17.3. The highest BCUT2D eigenvalue weighted by atomic mass is 28.4. The first-order valence-electron chi connectivity index (χ1n) is 8.74. The van der Waals surface area contributed by atoms with Crippen molar-refractivity contribution < 1.29 is 28.5 Å². The molecular formula is C17H34O6Si. The van der Waals surface area contributed by atoms with Gasteiger partial charge in [0.05, 0.1) is 6.10 Å². The van der Waals surface area contributed by atoms with Gasteiger partial charge >= 0.3 is 0 Å². The minimum Gasteiger partial charge on any atom is -0.417 e. The van der Waals surface area contributed by atoms with Gasteiger partial charge in [-0.25, -0.2) is 0 Å². The Balaban J connectivity index is 1.88. The van der Waals surface area contributed by atoms with E-state index in [4.69, 9.17) is 23.4 Å². The van der Waals surface area contributed by atoms with Gasteiger partial charge in [-0.1, -0.05) is 20.8 Å². The lowest BCUT2D eigenvalue weighted by Crippen LogP contribution is -2.44. The molecule has 2 aliphatic heterocycles. The lowest BCUT2D eigenvalue weighted by Gasteiger charge is -2.36. The fraction of sp³-hybridized carbons (Fsp3) is 1.00. The standard InChI is InChI=1S/C17H34O6Si/c1-16(2,3)24(7,8)20-10-9-11(18)12-13(19-6)14-15(21-12)23-17(4,5)22-14/h11-15,18H,9-10H2,1-8H3/t11-,12+,13-,14+,15+/m0/s1. The predicted molar refractivity (Wildman–Crippen MR) is 93.3 cm³/mol. The number of rotatable bonds is 6. The van der Waals surface area contributed by atoms with E-state index in [1.165, 1.54) is 0 Å². The second-order valence-electron chi connectivity index (χ2n) is 8.73. The lowest BCUT2D eigenvalue weighted by atomic mass is 10.0. The molecule has 24 heavy (non-hydrogen) atoms. The van der Waals surface area contributed by atoms with Crippen LogP contribution in [0, 0.1) is 0 Å². The van der Waals surface area contributed by atoms with Gasteiger partial charge < -0.3 is 28.5 Å². The summed E-state index contributed by atoms with van der Waals surface area (Å²) in [7, 11) is -0.203. The molecule has 0 radical (unpaired) electrons. The first-order valence-corrected chi connectivity index (χ1v) is 11.6. The van der Waals surface area contributed by atoms with E-state index in [-0.39, 0.29) is 17.2 Å². The molecular weight excluding hydrogens is 328 g/mol. The van der Waals surface area contributed by atoms with Crippen molar-refractivity contribution >= 4 is 8.32 Å². The van der Waals surface area contributed by atoms with E-state index in [1.807, 2.05) is 13.8 Å². The molecule has 2 rings (SSSR count). The van der Waals surface area contributed by atoms with E-state index >= 15 is 0 Å². The van der Waals surface area contributed by atoms with Gasteiger partial charge in [-0.3, -0.25) is 0 Å². The highest BCUT2D eigenvalue weighted by Crippen LogP contribution is 2.40. The number of aliphatic hydroxyl groups excluding tert-OH is 1. The molecule has 0 aromatic heterocycles. The smallest absolute Gasteiger partial charge is 0.191 e. The van der Waals surface area contributed by atoms with Crippen LogP contribution in [0.2, 0.25) is 18.1 Å². The van der Waals surface area contributed by atoms with Crippen LogP contribution in [0.4, 0.5) is 0 Å². The van der Waals surface area contributed by atoms with E-state index in [2.05, 4.69) is 33.9 Å². The minimum atomic E-state index is -1.81. The van der Waals surface area contributed by atoms with Crippen LogP contribution < -0.4 is 0 Å². The molecule has 0 unspecified atom stereocenters. The largest absolute Gasteiger partial charge is 0.417 e. The molecule has 0 amide bonds. The summed E-state index contributed by atoms with van der Waals surface area (Å²) in [6.45, 7) is 15.2. The predicted octanol–water partition coefficient (Wildman–Crippen LogP) is 2.65. The molecule has 2 fully saturated rings. The third-order valence-corrected chi connectivity index (χ3v) is 9.90. The van der Waals surface area contributed by atoms with Gasteiger partial charge in [-0.05, 0) is 38.4 Å². The van der Waals surface area contributed by atoms with Crippen LogP contribution in [0.5, 0.6) is 0 Å². The van der Waals surface area contributed by atoms with E-state index < -0.39 is 32.6 Å². The second-order valence-corrected chi connectivity index (χ2v) is 13.5. The number of fused-ring (bicyclic) bond motifs is 1. The average molecular weight is 363 g/mol. The molecule has 1 N–H and O–H groups in total. The van der Waals surface area contributed by atoms with Gasteiger partial charge in [-0.2, -0.15) is 0 Å². The minimum absolute atomic E-state index is 0.154. The summed E-state index contributed by atoms with van der Waals surface area (Å²) in [5, 5.41) is 10.7. The number of aliphatic hydroxyl groups is 1. The molecule has 5 atom stereocenters. The Kier molecular flexibility index (Phi) is 5.87. The molecule has 0 aromatic rings. The number of ether oxygens (including phenoxy) is 4. The maximum absolute atomic E-state index is 10.6. The Morgan fingerprint density at radius 1 is 1.21 bits per heavy atom. The summed E-state index contributed by atoms with van der Waals surface area (Å²) in [6.07, 6.45) is -1.80. The van der Waals surface area contributed by atoms with Gasteiger partial charge in [0.25, 0.3) is 0 Å². The van der Waals surface area contributed by atoms with Gasteiger partial charge in [0.2, 0.25) is 0 Å². The van der Waals surface area contributed by atoms with Crippen LogP contribution in [-0.2, 0) is 23.4 Å². The number of hydrogen-bond acceptors (Lipinski definition) is 6. The van der Waals surface area contributed by atoms with Crippen molar-refractivity contribution in [2.45, 2.75) is 95.7 Å². The molecule has 0 saturated carbocycles. The van der Waals surface area contributed by atoms with E-state index in [1.54, 1.807) is 7.11 Å². The molecule has 142 valence electrons. The van der Waals surface area contributed by atoms with Crippen molar-refractivity contribution in [2.75, 3.05) is 13.7 Å². The first kappa shape index (κ1) is 20.3. The SMILES string of the molecule is CO[C@@H]1[C@H]2OC(C)(C)O[C@H]2O[C@@H]1[C@@H](O)CCO[Si](C)(C)C(C)(C)C. The molecule has 6 nitrogen and oxygen atoms in total. The van der Waals surface area contributed by atoms with Crippen molar-refractivity contribution in [2.24, 2.45) is 0 Å². The first-order chi connectivity index (χ1) is 10.9. The van der Waals surface area contributed by atoms with Crippen molar-refractivity contribution in [3.05, 3.63) is 0 Å². The van der Waals surface area contributed by atoms with E-state index in [0.29, 0.717) is 13.0 Å². The van der Waals surface area contributed by atoms with E-state index in [0.717, 1.165) is 0 Å². The fourth-order valence-electron chi connectivity index (χ4n) is 2.90. The monoisotopic (exact) mass is 362 g/mol. The third-order valence-electron chi connectivity index (χ3n) is 5.36. The Morgan fingerprint density at radius 2 is 1.83 bits per heavy atom. The lowest BCUT2D eigenvalue weighted by molar-refractivity contribution is -0.228. The Morgan fingerprint density at radius 3 is 2.38 bits per heavy atom. The van der Waals surface area contributed by atoms with E-state index in [9.17, 15) is 5.11 Å². The van der Waals surface area contributed by atoms with Crippen LogP contribution in [0.25, 0.3) is 0 Å². The van der Waals surface area contributed by atoms with Crippen LogP contribution in [0.3, 0.4) is 0 Å². The summed E-state index contributed by atoms with van der Waals surface area (Å²) in [4.78, 5) is 0. The second kappa shape index (κ2) is 6.94. The molecule has 2 aliphatic rings. The van der Waals surface area contributed by atoms with Crippen molar-refractivity contribution in [1.82, 2.24) is 0 Å². The van der Waals surface area contributed by atoms with Gasteiger partial charge in [0, 0.05) is 13.7 Å². The molecule has 7 heteroatoms. The number of methoxy groups -OCH3 is 1. The van der Waals surface area contributed by atoms with Crippen molar-refractivity contribution in [3.63, 3.8) is 0 Å². The Labute approximate surface area is 146 Å². The maximum Gasteiger partial charge on any atom is 0.191 e. The summed E-state index contributed by atoms with van der Waals surface area (Å²) in [5.41, 5.74) is 0. The van der Waals surface area contributed by atoms with Crippen LogP contribution >= 0.6 is 0 Å². The number of hydrogen-bond donors (Lipinski definition) is 1. The summed E-state index contributed by atoms with van der Waals surface area (Å²) in [6, 6.07) is 0. The normalized spacial score (nSPS) is 34.4. The summed E-state index contributed by atoms with van der Waals surface area (Å²) >= 11 is 0. The molecule has 0 bridgehead atoms. The highest BCUT2D eigenvalue weighted by molar-refractivity contribution is 6.74.